The molecule has 0 radical (unpaired) electrons. The fourth-order valence-electron chi connectivity index (χ4n) is 25.2. The van der Waals surface area contributed by atoms with Gasteiger partial charge in [0.1, 0.15) is 189 Å². The SMILES string of the molecule is C=C[C@@](C)(O)CC/C=C(\CO)C(=O)O[C@@H]1CO[C@@H](O[C@](C)(C=C)CC/C=C(\C)C(=O)O[C@H]2C[C@]3(C(=O)O[C@@H]4O[C@H](CO)[C@@H](O)[C@H](O)[C@H]4O[C@@H]4O[C@@H](C)[C@H](O[C@@H]5O[C@@H](CO)[C@H](O)[C@H]5O)[C@@H](O[C@@H]5O[C@H](CO)[C@@H](O)[C@H](O)[C@H]5O)[C@H]4O)[C@H](O)C[C@]4(C)C(=CC[C@@H]5[C@@]6(C)CC[C@H](O[C@@H]7O[C@H](CO[C@@H]8OC[C@H](O)[C@H](O)[C@H]8O[C@@H]8OC[C@H](O)[C@H](O)[C@H]8O)[C@@H](O)[C@H](O)[C@H]7O[C@@H]7O[C@H](CO)[C@@H](O)[C@H](O)[C@H]7O)C(C)(C)[C@@H]6CC[C@]54C)[C@@H]3CC2(C)C)[C@H](O)[C@H]1O. The summed E-state index contributed by atoms with van der Waals surface area (Å²) in [6.07, 6.45) is -70.6. The Bertz CT molecular complexity index is 4600. The van der Waals surface area contributed by atoms with Crippen LogP contribution in [0.25, 0.3) is 0 Å². The molecular formula is C100H158O50. The van der Waals surface area contributed by atoms with E-state index in [1.165, 1.54) is 45.1 Å². The highest BCUT2D eigenvalue weighted by molar-refractivity contribution is 5.89. The Morgan fingerprint density at radius 1 is 0.447 bits per heavy atom. The highest BCUT2D eigenvalue weighted by Crippen LogP contribution is 2.77. The van der Waals surface area contributed by atoms with Crippen molar-refractivity contribution in [1.29, 1.82) is 0 Å². The van der Waals surface area contributed by atoms with Gasteiger partial charge in [-0.3, -0.25) is 4.79 Å². The first kappa shape index (κ1) is 121. The Hall–Kier alpha value is -4.65. The maximum absolute atomic E-state index is 16.9. The zero-order chi connectivity index (χ0) is 110. The van der Waals surface area contributed by atoms with Crippen LogP contribution in [0.1, 0.15) is 153 Å². The summed E-state index contributed by atoms with van der Waals surface area (Å²) in [4.78, 5) is 45.2. The van der Waals surface area contributed by atoms with E-state index in [-0.39, 0.29) is 67.9 Å². The number of fused-ring (bicyclic) bond motifs is 7. The van der Waals surface area contributed by atoms with Gasteiger partial charge < -0.3 is 233 Å². The molecule has 0 aromatic heterocycles. The van der Waals surface area contributed by atoms with E-state index in [0.717, 1.165) is 0 Å². The molecule has 4 saturated carbocycles. The Morgan fingerprint density at radius 3 is 1.51 bits per heavy atom. The lowest BCUT2D eigenvalue weighted by Gasteiger charge is -2.72. The Kier molecular flexibility index (Phi) is 38.7. The molecule has 150 heavy (non-hydrogen) atoms. The van der Waals surface area contributed by atoms with Crippen LogP contribution in [0, 0.1) is 50.2 Å². The molecule has 50 heteroatoms. The zero-order valence-electron chi connectivity index (χ0n) is 85.8. The lowest BCUT2D eigenvalue weighted by Crippen LogP contribution is -2.70. The van der Waals surface area contributed by atoms with Crippen molar-refractivity contribution < 1.29 is 247 Å². The predicted molar refractivity (Wildman–Crippen MR) is 500 cm³/mol. The van der Waals surface area contributed by atoms with Crippen LogP contribution in [-0.4, -0.2) is 497 Å². The van der Waals surface area contributed by atoms with Gasteiger partial charge in [-0.05, 0) is 138 Å². The maximum atomic E-state index is 16.9. The second kappa shape index (κ2) is 48.1. The van der Waals surface area contributed by atoms with Crippen molar-refractivity contribution in [3.8, 4) is 0 Å². The number of aliphatic hydroxyl groups is 27. The van der Waals surface area contributed by atoms with E-state index in [4.69, 9.17) is 94.7 Å². The number of aliphatic hydroxyl groups excluding tert-OH is 26. The fraction of sp³-hybridized carbons (Fsp3) is 0.870. The minimum Gasteiger partial charge on any atom is -0.458 e. The second-order valence-corrected chi connectivity index (χ2v) is 45.3. The molecule has 0 spiro atoms. The smallest absolute Gasteiger partial charge is 0.336 e. The summed E-state index contributed by atoms with van der Waals surface area (Å²) in [6.45, 7) is 20.6. The van der Waals surface area contributed by atoms with Crippen LogP contribution in [0.2, 0.25) is 0 Å². The number of esters is 3. The molecule has 27 N–H and O–H groups in total. The summed E-state index contributed by atoms with van der Waals surface area (Å²) in [5.74, 6) is -4.80. The highest BCUT2D eigenvalue weighted by Gasteiger charge is 2.75. The predicted octanol–water partition coefficient (Wildman–Crippen LogP) is -7.99. The van der Waals surface area contributed by atoms with Crippen LogP contribution in [0.15, 0.2) is 60.3 Å². The Balaban J connectivity index is 0.752. The average Bonchev–Trinajstić information content (AvgIpc) is 0.719. The first-order chi connectivity index (χ1) is 70.4. The molecule has 50 nitrogen and oxygen atoms in total. The molecule has 0 unspecified atom stereocenters. The minimum atomic E-state index is -2.30. The Morgan fingerprint density at radius 2 is 0.933 bits per heavy atom. The van der Waals surface area contributed by atoms with Gasteiger partial charge in [-0.1, -0.05) is 84.4 Å². The van der Waals surface area contributed by atoms with Gasteiger partial charge in [0.25, 0.3) is 0 Å². The summed E-state index contributed by atoms with van der Waals surface area (Å²) in [6, 6.07) is 0. The number of rotatable bonds is 36. The van der Waals surface area contributed by atoms with E-state index >= 15 is 9.59 Å². The molecule has 9 heterocycles. The third kappa shape index (κ3) is 23.5. The number of carbonyl (C=O) groups is 3. The summed E-state index contributed by atoms with van der Waals surface area (Å²) in [5, 5.41) is 302. The first-order valence-electron chi connectivity index (χ1n) is 51.5. The minimum absolute atomic E-state index is 0.0307. The van der Waals surface area contributed by atoms with Gasteiger partial charge in [0.2, 0.25) is 6.29 Å². The third-order valence-corrected chi connectivity index (χ3v) is 34.9. The number of hydrogen-bond acceptors (Lipinski definition) is 50. The summed E-state index contributed by atoms with van der Waals surface area (Å²) in [7, 11) is 0. The first-order valence-corrected chi connectivity index (χ1v) is 51.5. The topological polar surface area (TPSA) is 782 Å². The van der Waals surface area contributed by atoms with E-state index in [0.29, 0.717) is 31.3 Å². The molecule has 0 amide bonds. The second-order valence-electron chi connectivity index (χ2n) is 45.3. The number of carbonyl (C=O) groups excluding carboxylic acids is 3. The van der Waals surface area contributed by atoms with E-state index in [9.17, 15) is 143 Å². The van der Waals surface area contributed by atoms with Gasteiger partial charge in [-0.15, -0.1) is 13.2 Å². The van der Waals surface area contributed by atoms with Crippen molar-refractivity contribution in [3.63, 3.8) is 0 Å². The summed E-state index contributed by atoms with van der Waals surface area (Å²) < 4.78 is 122. The van der Waals surface area contributed by atoms with Crippen molar-refractivity contribution >= 4 is 17.9 Å². The van der Waals surface area contributed by atoms with Gasteiger partial charge in [0, 0.05) is 17.4 Å². The zero-order valence-corrected chi connectivity index (χ0v) is 85.8. The van der Waals surface area contributed by atoms with Crippen molar-refractivity contribution in [2.24, 2.45) is 50.2 Å². The molecule has 9 saturated heterocycles. The molecule has 53 atom stereocenters. The Labute approximate surface area is 866 Å². The van der Waals surface area contributed by atoms with Gasteiger partial charge in [0.15, 0.2) is 62.5 Å². The lowest BCUT2D eigenvalue weighted by molar-refractivity contribution is -0.390. The van der Waals surface area contributed by atoms with Gasteiger partial charge in [-0.25, -0.2) is 9.59 Å². The molecule has 14 rings (SSSR count). The largest absolute Gasteiger partial charge is 0.458 e. The normalized spacial score (nSPS) is 48.7. The fourth-order valence-corrected chi connectivity index (χ4v) is 25.2. The van der Waals surface area contributed by atoms with Crippen molar-refractivity contribution in [1.82, 2.24) is 0 Å². The monoisotopic (exact) mass is 2160 g/mol. The van der Waals surface area contributed by atoms with E-state index in [2.05, 4.69) is 33.1 Å². The van der Waals surface area contributed by atoms with E-state index in [1.807, 2.05) is 34.6 Å². The van der Waals surface area contributed by atoms with E-state index in [1.54, 1.807) is 6.92 Å². The van der Waals surface area contributed by atoms with Crippen molar-refractivity contribution in [3.05, 3.63) is 60.3 Å². The molecule has 0 aromatic carbocycles. The van der Waals surface area contributed by atoms with Crippen molar-refractivity contribution in [2.75, 3.05) is 59.5 Å². The molecule has 858 valence electrons. The number of ether oxygens (including phenoxy) is 20. The standard InChI is InChI=1S/C100H158O50/c1-14-95(9,130)24-17-19-42(31-101)82(128)136-51-38-133-84(71(122)65(51)116)150-96(10,15-2)25-16-18-40(3)81(127)142-57-30-100(92(129)149-91-80(68(119)62(113)49(34-104)140-91)148-88-75(126)77(145-86-73(124)66(117)60(111)47(32-102)137-86)76(41(4)135-88)144-85-72(123)63(114)50(35-105)139-85)44(28-93(57,5)6)43-20-21-54-97(11)26-23-56(94(7,8)53(97)22-27-98(54,12)99(43,13)29-55(100)108)143-90-79(147-87-74(125)67(118)61(112)48(33-103)138-87)69(120)64(115)52(141-90)39-134-89-78(59(110)46(107)37-132-89)146-83-70(121)58(109)45(106)36-131-83/h14-15,18-20,41,44-80,83-91,101-126,130H,1-2,16-17,21-39H2,3-13H3/b40-18+,42-19+/t41-,44-,45-,46-,47+,48+,49+,50-,51+,52+,53-,54+,55+,56-,57-,58-,59-,60+,61+,62+,63-,64+,65-,66-,67-,68-,69-,70+,71+,72+,73+,74+,75+,76-,77-,78+,79+,80+,83-,84-,85-,86-,87-,88-,89-,90-,91-,95+,96+,97-,98+,99+,100+/m0/s1. The van der Waals surface area contributed by atoms with Gasteiger partial charge >= 0.3 is 17.9 Å². The highest BCUT2D eigenvalue weighted by atomic mass is 16.8. The van der Waals surface area contributed by atoms with Crippen LogP contribution < -0.4 is 0 Å². The average molecular weight is 2160 g/mol. The number of allylic oxidation sites excluding steroid dienone is 4. The quantitative estimate of drug-likeness (QED) is 0.00911. The molecule has 0 bridgehead atoms. The summed E-state index contributed by atoms with van der Waals surface area (Å²) in [5.41, 5.74) is -8.94. The molecule has 5 aliphatic carbocycles. The summed E-state index contributed by atoms with van der Waals surface area (Å²) >= 11 is 0. The van der Waals surface area contributed by atoms with Gasteiger partial charge in [-0.2, -0.15) is 0 Å². The van der Waals surface area contributed by atoms with Crippen LogP contribution >= 0.6 is 0 Å². The van der Waals surface area contributed by atoms with Crippen LogP contribution in [0.4, 0.5) is 0 Å². The van der Waals surface area contributed by atoms with Crippen LogP contribution in [0.5, 0.6) is 0 Å². The maximum Gasteiger partial charge on any atom is 0.336 e. The van der Waals surface area contributed by atoms with Crippen molar-refractivity contribution in [2.45, 2.75) is 435 Å². The van der Waals surface area contributed by atoms with E-state index < -0.39 is 404 Å². The lowest BCUT2D eigenvalue weighted by atomic mass is 9.33. The van der Waals surface area contributed by atoms with Gasteiger partial charge in [0.05, 0.1) is 94.5 Å². The molecular weight excluding hydrogens is 2000 g/mol. The molecule has 13 fully saturated rings. The molecule has 0 aromatic rings. The number of hydrogen-bond donors (Lipinski definition) is 27. The molecule has 14 aliphatic rings. The molecule has 9 aliphatic heterocycles. The van der Waals surface area contributed by atoms with Crippen LogP contribution in [0.3, 0.4) is 0 Å². The van der Waals surface area contributed by atoms with Crippen LogP contribution in [-0.2, 0) is 109 Å². The third-order valence-electron chi connectivity index (χ3n) is 34.9.